The minimum absolute atomic E-state index is 0.0715. The summed E-state index contributed by atoms with van der Waals surface area (Å²) < 4.78 is 60.1. The van der Waals surface area contributed by atoms with Gasteiger partial charge < -0.3 is 4.74 Å². The molecule has 2 aromatic carbocycles. The first-order chi connectivity index (χ1) is 14.1. The second-order valence-corrected chi connectivity index (χ2v) is 10.4. The molecule has 1 heterocycles. The third-order valence-electron chi connectivity index (χ3n) is 4.81. The van der Waals surface area contributed by atoms with Crippen molar-refractivity contribution >= 4 is 31.4 Å². The number of methoxy groups -OCH3 is 1. The van der Waals surface area contributed by atoms with Gasteiger partial charge in [0.2, 0.25) is 10.0 Å². The van der Waals surface area contributed by atoms with E-state index in [1.807, 2.05) is 0 Å². The molecule has 0 unspecified atom stereocenters. The maximum Gasteiger partial charge on any atom is 0.273 e. The SMILES string of the molecule is COc1ccc(S(=O)(=O)N2CCCC2)cc1NS(=O)(=O)c1ccc(C)c([N+](=O)[O-])c1. The number of benzene rings is 2. The average molecular weight is 456 g/mol. The maximum atomic E-state index is 12.8. The van der Waals surface area contributed by atoms with Gasteiger partial charge in [-0.25, -0.2) is 16.8 Å². The number of nitro groups is 1. The number of hydrogen-bond acceptors (Lipinski definition) is 7. The van der Waals surface area contributed by atoms with Crippen molar-refractivity contribution in [1.82, 2.24) is 4.31 Å². The van der Waals surface area contributed by atoms with Crippen LogP contribution in [0.25, 0.3) is 0 Å². The molecule has 0 spiro atoms. The third-order valence-corrected chi connectivity index (χ3v) is 8.06. The summed E-state index contributed by atoms with van der Waals surface area (Å²) in [6.45, 7) is 2.31. The van der Waals surface area contributed by atoms with Crippen LogP contribution in [-0.4, -0.2) is 46.3 Å². The fourth-order valence-corrected chi connectivity index (χ4v) is 5.79. The minimum atomic E-state index is -4.24. The molecule has 1 aliphatic rings. The zero-order chi connectivity index (χ0) is 22.1. The molecule has 0 saturated carbocycles. The number of nitrogens with zero attached hydrogens (tertiary/aromatic N) is 2. The summed E-state index contributed by atoms with van der Waals surface area (Å²) in [7, 11) is -6.70. The van der Waals surface area contributed by atoms with Crippen molar-refractivity contribution in [2.75, 3.05) is 24.9 Å². The van der Waals surface area contributed by atoms with Crippen molar-refractivity contribution < 1.29 is 26.5 Å². The van der Waals surface area contributed by atoms with Crippen LogP contribution in [0.5, 0.6) is 5.75 Å². The molecule has 1 fully saturated rings. The Morgan fingerprint density at radius 3 is 2.27 bits per heavy atom. The van der Waals surface area contributed by atoms with E-state index in [2.05, 4.69) is 4.72 Å². The van der Waals surface area contributed by atoms with Crippen LogP contribution in [-0.2, 0) is 20.0 Å². The van der Waals surface area contributed by atoms with Crippen LogP contribution in [0.4, 0.5) is 11.4 Å². The predicted molar refractivity (Wildman–Crippen MR) is 110 cm³/mol. The van der Waals surface area contributed by atoms with Gasteiger partial charge in [0.15, 0.2) is 0 Å². The number of hydrogen-bond donors (Lipinski definition) is 1. The second kappa shape index (κ2) is 8.20. The number of rotatable bonds is 7. The summed E-state index contributed by atoms with van der Waals surface area (Å²) in [6, 6.07) is 7.42. The van der Waals surface area contributed by atoms with E-state index < -0.39 is 25.0 Å². The summed E-state index contributed by atoms with van der Waals surface area (Å²) in [4.78, 5) is 10.1. The van der Waals surface area contributed by atoms with Crippen LogP contribution in [0.15, 0.2) is 46.2 Å². The van der Waals surface area contributed by atoms with Crippen LogP contribution >= 0.6 is 0 Å². The zero-order valence-electron chi connectivity index (χ0n) is 16.4. The van der Waals surface area contributed by atoms with Gasteiger partial charge in [0, 0.05) is 24.7 Å². The third kappa shape index (κ3) is 4.25. The summed E-state index contributed by atoms with van der Waals surface area (Å²) in [6.07, 6.45) is 1.53. The zero-order valence-corrected chi connectivity index (χ0v) is 18.0. The highest BCUT2D eigenvalue weighted by molar-refractivity contribution is 7.92. The number of sulfonamides is 2. The van der Waals surface area contributed by atoms with Crippen molar-refractivity contribution in [1.29, 1.82) is 0 Å². The lowest BCUT2D eigenvalue weighted by Gasteiger charge is -2.18. The lowest BCUT2D eigenvalue weighted by atomic mass is 10.2. The van der Waals surface area contributed by atoms with Gasteiger partial charge in [-0.3, -0.25) is 14.8 Å². The Morgan fingerprint density at radius 2 is 1.67 bits per heavy atom. The van der Waals surface area contributed by atoms with Crippen LogP contribution in [0.3, 0.4) is 0 Å². The molecule has 0 radical (unpaired) electrons. The number of ether oxygens (including phenoxy) is 1. The highest BCUT2D eigenvalue weighted by atomic mass is 32.2. The Morgan fingerprint density at radius 1 is 1.03 bits per heavy atom. The maximum absolute atomic E-state index is 12.8. The van der Waals surface area contributed by atoms with Crippen molar-refractivity contribution in [2.45, 2.75) is 29.6 Å². The molecule has 0 aliphatic carbocycles. The van der Waals surface area contributed by atoms with Gasteiger partial charge in [-0.2, -0.15) is 4.31 Å². The van der Waals surface area contributed by atoms with Crippen molar-refractivity contribution in [3.8, 4) is 5.75 Å². The van der Waals surface area contributed by atoms with Gasteiger partial charge in [0.05, 0.1) is 27.5 Å². The van der Waals surface area contributed by atoms with E-state index in [9.17, 15) is 26.9 Å². The van der Waals surface area contributed by atoms with E-state index in [1.165, 1.54) is 48.7 Å². The molecule has 0 amide bonds. The van der Waals surface area contributed by atoms with Gasteiger partial charge in [-0.1, -0.05) is 6.07 Å². The Balaban J connectivity index is 2.01. The molecule has 162 valence electrons. The van der Waals surface area contributed by atoms with E-state index >= 15 is 0 Å². The minimum Gasteiger partial charge on any atom is -0.495 e. The van der Waals surface area contributed by atoms with Gasteiger partial charge in [-0.15, -0.1) is 0 Å². The topological polar surface area (TPSA) is 136 Å². The van der Waals surface area contributed by atoms with E-state index in [-0.39, 0.29) is 26.9 Å². The molecule has 0 atom stereocenters. The van der Waals surface area contributed by atoms with Crippen LogP contribution in [0, 0.1) is 17.0 Å². The van der Waals surface area contributed by atoms with Crippen LogP contribution in [0.2, 0.25) is 0 Å². The molecular weight excluding hydrogens is 434 g/mol. The molecule has 2 aromatic rings. The standard InChI is InChI=1S/C18H21N3O7S2/c1-13-5-6-14(12-17(13)21(22)23)29(24,25)19-16-11-15(7-8-18(16)28-2)30(26,27)20-9-3-4-10-20/h5-8,11-12,19H,3-4,9-10H2,1-2H3. The van der Waals surface area contributed by atoms with Crippen LogP contribution < -0.4 is 9.46 Å². The summed E-state index contributed by atoms with van der Waals surface area (Å²) in [5, 5.41) is 11.1. The smallest absolute Gasteiger partial charge is 0.273 e. The van der Waals surface area contributed by atoms with Crippen LogP contribution in [0.1, 0.15) is 18.4 Å². The summed E-state index contributed by atoms with van der Waals surface area (Å²) >= 11 is 0. The second-order valence-electron chi connectivity index (χ2n) is 6.78. The van der Waals surface area contributed by atoms with Gasteiger partial charge in [0.1, 0.15) is 5.75 Å². The van der Waals surface area contributed by atoms with Crippen molar-refractivity contribution in [3.63, 3.8) is 0 Å². The molecule has 10 nitrogen and oxygen atoms in total. The Bertz CT molecular complexity index is 1190. The quantitative estimate of drug-likeness (QED) is 0.500. The van der Waals surface area contributed by atoms with E-state index in [0.717, 1.165) is 18.9 Å². The predicted octanol–water partition coefficient (Wildman–Crippen LogP) is 2.50. The monoisotopic (exact) mass is 455 g/mol. The molecule has 0 bridgehead atoms. The summed E-state index contributed by atoms with van der Waals surface area (Å²) in [5.74, 6) is 0.112. The number of anilines is 1. The molecule has 1 saturated heterocycles. The molecule has 1 aliphatic heterocycles. The molecule has 30 heavy (non-hydrogen) atoms. The number of nitro benzene ring substituents is 1. The Kier molecular flexibility index (Phi) is 6.01. The van der Waals surface area contributed by atoms with Gasteiger partial charge >= 0.3 is 0 Å². The molecular formula is C18H21N3O7S2. The first-order valence-electron chi connectivity index (χ1n) is 9.02. The fraction of sp³-hybridized carbons (Fsp3) is 0.333. The van der Waals surface area contributed by atoms with Crippen molar-refractivity contribution in [2.24, 2.45) is 0 Å². The normalized spacial score (nSPS) is 15.1. The Labute approximate surface area is 174 Å². The number of nitrogens with one attached hydrogen (secondary N) is 1. The average Bonchev–Trinajstić information content (AvgIpc) is 3.23. The largest absolute Gasteiger partial charge is 0.495 e. The highest BCUT2D eigenvalue weighted by Gasteiger charge is 2.29. The lowest BCUT2D eigenvalue weighted by Crippen LogP contribution is -2.28. The van der Waals surface area contributed by atoms with E-state index in [1.54, 1.807) is 0 Å². The Hall–Kier alpha value is -2.70. The van der Waals surface area contributed by atoms with Crippen molar-refractivity contribution in [3.05, 3.63) is 52.1 Å². The van der Waals surface area contributed by atoms with E-state index in [4.69, 9.17) is 4.74 Å². The first-order valence-corrected chi connectivity index (χ1v) is 11.9. The molecule has 1 N–H and O–H groups in total. The number of aryl methyl sites for hydroxylation is 1. The summed E-state index contributed by atoms with van der Waals surface area (Å²) in [5.41, 5.74) is -0.105. The fourth-order valence-electron chi connectivity index (χ4n) is 3.16. The molecule has 3 rings (SSSR count). The molecule has 0 aromatic heterocycles. The first kappa shape index (κ1) is 22.0. The highest BCUT2D eigenvalue weighted by Crippen LogP contribution is 2.32. The lowest BCUT2D eigenvalue weighted by molar-refractivity contribution is -0.385. The van der Waals surface area contributed by atoms with Gasteiger partial charge in [-0.05, 0) is 44.0 Å². The molecule has 12 heteroatoms. The van der Waals surface area contributed by atoms with Gasteiger partial charge in [0.25, 0.3) is 15.7 Å². The van der Waals surface area contributed by atoms with E-state index in [0.29, 0.717) is 18.7 Å².